The van der Waals surface area contributed by atoms with E-state index in [1.165, 1.54) is 17.2 Å². The van der Waals surface area contributed by atoms with E-state index in [4.69, 9.17) is 16.0 Å². The van der Waals surface area contributed by atoms with Crippen molar-refractivity contribution < 1.29 is 9.21 Å². The van der Waals surface area contributed by atoms with E-state index in [-0.39, 0.29) is 11.7 Å². The summed E-state index contributed by atoms with van der Waals surface area (Å²) in [6.07, 6.45) is 1.33. The zero-order valence-electron chi connectivity index (χ0n) is 6.30. The molecule has 1 aromatic heterocycles. The van der Waals surface area contributed by atoms with Crippen LogP contribution < -0.4 is 0 Å². The lowest BCUT2D eigenvalue weighted by Crippen LogP contribution is -2.20. The number of rotatable bonds is 1. The zero-order valence-corrected chi connectivity index (χ0v) is 7.05. The summed E-state index contributed by atoms with van der Waals surface area (Å²) in [4.78, 5) is 12.6. The van der Waals surface area contributed by atoms with E-state index in [2.05, 4.69) is 0 Å². The van der Waals surface area contributed by atoms with Crippen LogP contribution in [0, 0.1) is 0 Å². The molecule has 1 aromatic rings. The topological polar surface area (TPSA) is 33.5 Å². The number of hydrogen-bond donors (Lipinski definition) is 0. The second-order valence-corrected chi connectivity index (χ2v) is 2.77. The molecule has 0 aromatic carbocycles. The van der Waals surface area contributed by atoms with Gasteiger partial charge in [0.1, 0.15) is 6.26 Å². The van der Waals surface area contributed by atoms with Crippen molar-refractivity contribution in [2.24, 2.45) is 0 Å². The third-order valence-corrected chi connectivity index (χ3v) is 1.38. The summed E-state index contributed by atoms with van der Waals surface area (Å²) in [5, 5.41) is 0.440. The van der Waals surface area contributed by atoms with Crippen LogP contribution >= 0.6 is 11.6 Å². The van der Waals surface area contributed by atoms with E-state index in [1.54, 1.807) is 14.1 Å². The van der Waals surface area contributed by atoms with Crippen LogP contribution in [0.5, 0.6) is 0 Å². The molecule has 1 heterocycles. The number of furan rings is 1. The van der Waals surface area contributed by atoms with Crippen molar-refractivity contribution in [3.05, 3.63) is 23.1 Å². The lowest BCUT2D eigenvalue weighted by Gasteiger charge is -2.05. The van der Waals surface area contributed by atoms with Crippen LogP contribution in [0.3, 0.4) is 0 Å². The van der Waals surface area contributed by atoms with E-state index in [1.807, 2.05) is 0 Å². The molecule has 1 amide bonds. The lowest BCUT2D eigenvalue weighted by atomic mass is 10.4. The SMILES string of the molecule is CN(C)C(=O)c1cc(Cl)co1. The summed E-state index contributed by atoms with van der Waals surface area (Å²) in [5.74, 6) is 0.0805. The highest BCUT2D eigenvalue weighted by molar-refractivity contribution is 6.30. The molecule has 0 aliphatic heterocycles. The first-order valence-corrected chi connectivity index (χ1v) is 3.44. The van der Waals surface area contributed by atoms with E-state index in [0.717, 1.165) is 0 Å². The second-order valence-electron chi connectivity index (χ2n) is 2.33. The minimum absolute atomic E-state index is 0.183. The summed E-state index contributed by atoms with van der Waals surface area (Å²) in [5.41, 5.74) is 0. The minimum Gasteiger partial charge on any atom is -0.458 e. The molecule has 0 fully saturated rings. The molecule has 4 heteroatoms. The Balaban J connectivity index is 2.85. The van der Waals surface area contributed by atoms with Crippen molar-refractivity contribution in [3.8, 4) is 0 Å². The smallest absolute Gasteiger partial charge is 0.289 e. The van der Waals surface area contributed by atoms with Crippen LogP contribution in [0.1, 0.15) is 10.6 Å². The van der Waals surface area contributed by atoms with Crippen LogP contribution in [-0.4, -0.2) is 24.9 Å². The highest BCUT2D eigenvalue weighted by atomic mass is 35.5. The first-order chi connectivity index (χ1) is 5.11. The summed E-state index contributed by atoms with van der Waals surface area (Å²) in [6.45, 7) is 0. The summed E-state index contributed by atoms with van der Waals surface area (Å²) >= 11 is 5.54. The Kier molecular flexibility index (Phi) is 2.19. The first kappa shape index (κ1) is 8.14. The third kappa shape index (κ3) is 1.74. The monoisotopic (exact) mass is 173 g/mol. The van der Waals surface area contributed by atoms with Crippen molar-refractivity contribution in [1.82, 2.24) is 4.90 Å². The van der Waals surface area contributed by atoms with Crippen LogP contribution in [0.25, 0.3) is 0 Å². The van der Waals surface area contributed by atoms with E-state index < -0.39 is 0 Å². The summed E-state index contributed by atoms with van der Waals surface area (Å²) in [7, 11) is 3.30. The van der Waals surface area contributed by atoms with Gasteiger partial charge >= 0.3 is 0 Å². The summed E-state index contributed by atoms with van der Waals surface area (Å²) < 4.78 is 4.86. The predicted octanol–water partition coefficient (Wildman–Crippen LogP) is 1.63. The number of carbonyl (C=O) groups excluding carboxylic acids is 1. The van der Waals surface area contributed by atoms with Crippen molar-refractivity contribution in [2.45, 2.75) is 0 Å². The minimum atomic E-state index is -0.183. The van der Waals surface area contributed by atoms with E-state index >= 15 is 0 Å². The molecule has 0 bridgehead atoms. The fraction of sp³-hybridized carbons (Fsp3) is 0.286. The Morgan fingerprint density at radius 2 is 2.27 bits per heavy atom. The average Bonchev–Trinajstić information content (AvgIpc) is 2.34. The number of halogens is 1. The number of hydrogen-bond acceptors (Lipinski definition) is 2. The van der Waals surface area contributed by atoms with Crippen molar-refractivity contribution >= 4 is 17.5 Å². The number of nitrogens with zero attached hydrogens (tertiary/aromatic N) is 1. The molecular formula is C7H8ClNO2. The van der Waals surface area contributed by atoms with Gasteiger partial charge in [0.05, 0.1) is 5.02 Å². The maximum atomic E-state index is 11.1. The molecule has 0 unspecified atom stereocenters. The fourth-order valence-electron chi connectivity index (χ4n) is 0.646. The Morgan fingerprint density at radius 3 is 2.64 bits per heavy atom. The number of amides is 1. The van der Waals surface area contributed by atoms with Crippen molar-refractivity contribution in [3.63, 3.8) is 0 Å². The van der Waals surface area contributed by atoms with Gasteiger partial charge in [-0.1, -0.05) is 11.6 Å². The van der Waals surface area contributed by atoms with Gasteiger partial charge in [-0.3, -0.25) is 4.79 Å². The second kappa shape index (κ2) is 2.96. The molecule has 0 N–H and O–H groups in total. The Hall–Kier alpha value is -0.960. The molecule has 0 saturated carbocycles. The van der Waals surface area contributed by atoms with Crippen LogP contribution in [0.15, 0.2) is 16.7 Å². The van der Waals surface area contributed by atoms with Crippen LogP contribution in [0.4, 0.5) is 0 Å². The van der Waals surface area contributed by atoms with Crippen LogP contribution in [-0.2, 0) is 0 Å². The van der Waals surface area contributed by atoms with Gasteiger partial charge in [0, 0.05) is 20.2 Å². The van der Waals surface area contributed by atoms with Crippen molar-refractivity contribution in [1.29, 1.82) is 0 Å². The Labute approximate surface area is 69.5 Å². The van der Waals surface area contributed by atoms with Gasteiger partial charge in [-0.2, -0.15) is 0 Å². The Bertz CT molecular complexity index is 267. The highest BCUT2D eigenvalue weighted by Crippen LogP contribution is 2.13. The van der Waals surface area contributed by atoms with Crippen molar-refractivity contribution in [2.75, 3.05) is 14.1 Å². The van der Waals surface area contributed by atoms with Gasteiger partial charge in [0.15, 0.2) is 5.76 Å². The predicted molar refractivity (Wildman–Crippen MR) is 41.7 cm³/mol. The molecular weight excluding hydrogens is 166 g/mol. The van der Waals surface area contributed by atoms with Gasteiger partial charge in [-0.05, 0) is 0 Å². The summed E-state index contributed by atoms with van der Waals surface area (Å²) in [6, 6.07) is 1.49. The third-order valence-electron chi connectivity index (χ3n) is 1.18. The molecule has 60 valence electrons. The molecule has 0 aliphatic rings. The fourth-order valence-corrected chi connectivity index (χ4v) is 0.789. The molecule has 0 spiro atoms. The average molecular weight is 174 g/mol. The largest absolute Gasteiger partial charge is 0.458 e. The maximum absolute atomic E-state index is 11.1. The number of carbonyl (C=O) groups is 1. The standard InChI is InChI=1S/C7H8ClNO2/c1-9(2)7(10)6-3-5(8)4-11-6/h3-4H,1-2H3. The van der Waals surface area contributed by atoms with Gasteiger partial charge in [-0.25, -0.2) is 0 Å². The first-order valence-electron chi connectivity index (χ1n) is 3.07. The van der Waals surface area contributed by atoms with Gasteiger partial charge in [0.25, 0.3) is 5.91 Å². The van der Waals surface area contributed by atoms with Gasteiger partial charge in [-0.15, -0.1) is 0 Å². The van der Waals surface area contributed by atoms with Gasteiger partial charge < -0.3 is 9.32 Å². The lowest BCUT2D eigenvalue weighted by molar-refractivity contribution is 0.0797. The van der Waals surface area contributed by atoms with E-state index in [9.17, 15) is 4.79 Å². The van der Waals surface area contributed by atoms with E-state index in [0.29, 0.717) is 5.02 Å². The van der Waals surface area contributed by atoms with Gasteiger partial charge in [0.2, 0.25) is 0 Å². The molecule has 0 aliphatic carbocycles. The van der Waals surface area contributed by atoms with Crippen LogP contribution in [0.2, 0.25) is 5.02 Å². The zero-order chi connectivity index (χ0) is 8.43. The molecule has 1 rings (SSSR count). The normalized spacial score (nSPS) is 9.73. The molecule has 11 heavy (non-hydrogen) atoms. The maximum Gasteiger partial charge on any atom is 0.289 e. The molecule has 0 radical (unpaired) electrons. The molecule has 0 saturated heterocycles. The Morgan fingerprint density at radius 1 is 1.64 bits per heavy atom. The molecule has 0 atom stereocenters. The quantitative estimate of drug-likeness (QED) is 0.647. The highest BCUT2D eigenvalue weighted by Gasteiger charge is 2.11. The molecule has 3 nitrogen and oxygen atoms in total.